The summed E-state index contributed by atoms with van der Waals surface area (Å²) in [5.74, 6) is 0.951. The van der Waals surface area contributed by atoms with E-state index in [4.69, 9.17) is 4.74 Å². The van der Waals surface area contributed by atoms with E-state index < -0.39 is 0 Å². The Balaban J connectivity index is 2.58. The topological polar surface area (TPSA) is 39.1 Å². The second kappa shape index (κ2) is 5.67. The Labute approximate surface area is 120 Å². The molecule has 1 unspecified atom stereocenters. The quantitative estimate of drug-likeness (QED) is 0.931. The van der Waals surface area contributed by atoms with Crippen LogP contribution in [0.25, 0.3) is 0 Å². The number of methoxy groups -OCH3 is 1. The molecule has 1 aromatic heterocycles. The fourth-order valence-corrected chi connectivity index (χ4v) is 2.59. The third-order valence-corrected chi connectivity index (χ3v) is 4.10. The molecule has 1 aromatic carbocycles. The summed E-state index contributed by atoms with van der Waals surface area (Å²) in [7, 11) is 5.66. The van der Waals surface area contributed by atoms with Crippen LogP contribution in [0.15, 0.2) is 18.3 Å². The molecule has 4 heteroatoms. The van der Waals surface area contributed by atoms with E-state index in [0.717, 1.165) is 17.0 Å². The Bertz CT molecular complexity index is 616. The highest BCUT2D eigenvalue weighted by Crippen LogP contribution is 2.34. The lowest BCUT2D eigenvalue weighted by Gasteiger charge is -2.21. The molecule has 2 rings (SSSR count). The van der Waals surface area contributed by atoms with E-state index in [1.54, 1.807) is 7.11 Å². The summed E-state index contributed by atoms with van der Waals surface area (Å²) in [5, 5.41) is 7.72. The minimum Gasteiger partial charge on any atom is -0.496 e. The molecular formula is C16H23N3O. The summed E-state index contributed by atoms with van der Waals surface area (Å²) in [4.78, 5) is 0. The second-order valence-electron chi connectivity index (χ2n) is 5.16. The Kier molecular flexibility index (Phi) is 4.14. The van der Waals surface area contributed by atoms with E-state index in [-0.39, 0.29) is 6.04 Å². The fourth-order valence-electron chi connectivity index (χ4n) is 2.59. The van der Waals surface area contributed by atoms with Crippen molar-refractivity contribution in [3.63, 3.8) is 0 Å². The average Bonchev–Trinajstić information content (AvgIpc) is 2.76. The molecule has 0 fully saturated rings. The van der Waals surface area contributed by atoms with E-state index in [2.05, 4.69) is 43.3 Å². The van der Waals surface area contributed by atoms with Gasteiger partial charge in [-0.1, -0.05) is 12.1 Å². The number of hydrogen-bond acceptors (Lipinski definition) is 3. The van der Waals surface area contributed by atoms with Crippen molar-refractivity contribution in [2.24, 2.45) is 7.05 Å². The molecule has 2 aromatic rings. The maximum Gasteiger partial charge on any atom is 0.127 e. The number of ether oxygens (including phenoxy) is 1. The third-order valence-electron chi connectivity index (χ3n) is 4.10. The predicted octanol–water partition coefficient (Wildman–Crippen LogP) is 2.66. The molecule has 0 saturated heterocycles. The number of aromatic nitrogens is 2. The molecule has 20 heavy (non-hydrogen) atoms. The Hall–Kier alpha value is -1.81. The normalized spacial score (nSPS) is 12.5. The van der Waals surface area contributed by atoms with Gasteiger partial charge in [-0.15, -0.1) is 0 Å². The van der Waals surface area contributed by atoms with E-state index >= 15 is 0 Å². The van der Waals surface area contributed by atoms with Gasteiger partial charge < -0.3 is 10.1 Å². The van der Waals surface area contributed by atoms with Gasteiger partial charge in [-0.05, 0) is 38.9 Å². The highest BCUT2D eigenvalue weighted by atomic mass is 16.5. The van der Waals surface area contributed by atoms with Crippen LogP contribution in [0.5, 0.6) is 5.75 Å². The van der Waals surface area contributed by atoms with Crippen molar-refractivity contribution in [3.8, 4) is 5.75 Å². The van der Waals surface area contributed by atoms with Crippen LogP contribution in [0.2, 0.25) is 0 Å². The largest absolute Gasteiger partial charge is 0.496 e. The number of hydrogen-bond donors (Lipinski definition) is 1. The lowest BCUT2D eigenvalue weighted by atomic mass is 9.94. The van der Waals surface area contributed by atoms with Crippen LogP contribution in [0.4, 0.5) is 0 Å². The van der Waals surface area contributed by atoms with E-state index in [1.807, 2.05) is 25.0 Å². The number of nitrogens with zero attached hydrogens (tertiary/aromatic N) is 2. The first-order valence-corrected chi connectivity index (χ1v) is 6.81. The Morgan fingerprint density at radius 1 is 1.20 bits per heavy atom. The first-order valence-electron chi connectivity index (χ1n) is 6.81. The number of rotatable bonds is 4. The summed E-state index contributed by atoms with van der Waals surface area (Å²) in [6.45, 7) is 6.28. The van der Waals surface area contributed by atoms with Gasteiger partial charge in [-0.25, -0.2) is 0 Å². The minimum atomic E-state index is 0.0814. The zero-order chi connectivity index (χ0) is 14.9. The monoisotopic (exact) mass is 273 g/mol. The predicted molar refractivity (Wildman–Crippen MR) is 81.3 cm³/mol. The first-order chi connectivity index (χ1) is 9.51. The lowest BCUT2D eigenvalue weighted by molar-refractivity contribution is 0.402. The van der Waals surface area contributed by atoms with Crippen molar-refractivity contribution in [2.45, 2.75) is 26.8 Å². The summed E-state index contributed by atoms with van der Waals surface area (Å²) in [5.41, 5.74) is 5.91. The SMILES string of the molecule is CNC(c1ccc(C)c(C)c1OC)c1cnn(C)c1C. The number of nitrogens with one attached hydrogen (secondary N) is 1. The van der Waals surface area contributed by atoms with Crippen LogP contribution in [0.1, 0.15) is 34.0 Å². The van der Waals surface area contributed by atoms with Gasteiger partial charge in [0.05, 0.1) is 19.3 Å². The fraction of sp³-hybridized carbons (Fsp3) is 0.438. The molecule has 0 radical (unpaired) electrons. The zero-order valence-corrected chi connectivity index (χ0v) is 13.1. The molecule has 0 aliphatic carbocycles. The molecule has 0 saturated carbocycles. The van der Waals surface area contributed by atoms with Crippen LogP contribution in [0, 0.1) is 20.8 Å². The molecule has 108 valence electrons. The third kappa shape index (κ3) is 2.31. The van der Waals surface area contributed by atoms with Crippen molar-refractivity contribution in [1.82, 2.24) is 15.1 Å². The van der Waals surface area contributed by atoms with E-state index in [1.165, 1.54) is 16.7 Å². The summed E-state index contributed by atoms with van der Waals surface area (Å²) in [6, 6.07) is 4.36. The summed E-state index contributed by atoms with van der Waals surface area (Å²) < 4.78 is 7.54. The van der Waals surface area contributed by atoms with Crippen molar-refractivity contribution in [3.05, 3.63) is 46.3 Å². The maximum atomic E-state index is 5.64. The van der Waals surface area contributed by atoms with Gasteiger partial charge in [-0.3, -0.25) is 4.68 Å². The lowest BCUT2D eigenvalue weighted by Crippen LogP contribution is -2.19. The summed E-state index contributed by atoms with van der Waals surface area (Å²) >= 11 is 0. The molecule has 1 N–H and O–H groups in total. The van der Waals surface area contributed by atoms with Gasteiger partial charge in [0.2, 0.25) is 0 Å². The van der Waals surface area contributed by atoms with Crippen LogP contribution in [-0.2, 0) is 7.05 Å². The summed E-state index contributed by atoms with van der Waals surface area (Å²) in [6.07, 6.45) is 1.92. The van der Waals surface area contributed by atoms with E-state index in [9.17, 15) is 0 Å². The highest BCUT2D eigenvalue weighted by molar-refractivity contribution is 5.49. The van der Waals surface area contributed by atoms with Gasteiger partial charge in [0, 0.05) is 23.9 Å². The Morgan fingerprint density at radius 2 is 1.90 bits per heavy atom. The van der Waals surface area contributed by atoms with Crippen molar-refractivity contribution in [1.29, 1.82) is 0 Å². The van der Waals surface area contributed by atoms with Crippen LogP contribution in [0.3, 0.4) is 0 Å². The molecule has 4 nitrogen and oxygen atoms in total. The molecule has 1 heterocycles. The molecule has 0 aliphatic rings. The molecule has 0 amide bonds. The minimum absolute atomic E-state index is 0.0814. The van der Waals surface area contributed by atoms with Crippen LogP contribution >= 0.6 is 0 Å². The molecule has 1 atom stereocenters. The highest BCUT2D eigenvalue weighted by Gasteiger charge is 2.22. The van der Waals surface area contributed by atoms with Gasteiger partial charge >= 0.3 is 0 Å². The average molecular weight is 273 g/mol. The molecule has 0 aliphatic heterocycles. The van der Waals surface area contributed by atoms with Crippen molar-refractivity contribution in [2.75, 3.05) is 14.2 Å². The molecular weight excluding hydrogens is 250 g/mol. The van der Waals surface area contributed by atoms with Gasteiger partial charge in [0.25, 0.3) is 0 Å². The zero-order valence-electron chi connectivity index (χ0n) is 13.1. The first kappa shape index (κ1) is 14.6. The maximum absolute atomic E-state index is 5.64. The number of aryl methyl sites for hydroxylation is 2. The van der Waals surface area contributed by atoms with Gasteiger partial charge in [0.15, 0.2) is 0 Å². The van der Waals surface area contributed by atoms with Gasteiger partial charge in [-0.2, -0.15) is 5.10 Å². The van der Waals surface area contributed by atoms with Crippen LogP contribution in [-0.4, -0.2) is 23.9 Å². The van der Waals surface area contributed by atoms with E-state index in [0.29, 0.717) is 0 Å². The molecule has 0 bridgehead atoms. The standard InChI is InChI=1S/C16H23N3O/c1-10-7-8-13(16(20-6)11(10)2)15(17-4)14-9-18-19(5)12(14)3/h7-9,15,17H,1-6H3. The molecule has 0 spiro atoms. The second-order valence-corrected chi connectivity index (χ2v) is 5.16. The number of benzene rings is 1. The smallest absolute Gasteiger partial charge is 0.127 e. The van der Waals surface area contributed by atoms with Gasteiger partial charge in [0.1, 0.15) is 5.75 Å². The van der Waals surface area contributed by atoms with Crippen LogP contribution < -0.4 is 10.1 Å². The van der Waals surface area contributed by atoms with Crippen molar-refractivity contribution >= 4 is 0 Å². The van der Waals surface area contributed by atoms with Crippen molar-refractivity contribution < 1.29 is 4.74 Å². The Morgan fingerprint density at radius 3 is 2.40 bits per heavy atom.